The van der Waals surface area contributed by atoms with Gasteiger partial charge in [0.1, 0.15) is 5.01 Å². The highest BCUT2D eigenvalue weighted by molar-refractivity contribution is 7.18. The van der Waals surface area contributed by atoms with Crippen molar-refractivity contribution in [2.75, 3.05) is 6.54 Å². The molecular formula is C19H23F3N2O2S. The molecule has 2 aromatic rings. The van der Waals surface area contributed by atoms with Crippen LogP contribution in [0.4, 0.5) is 13.2 Å². The predicted molar refractivity (Wildman–Crippen MR) is 98.4 cm³/mol. The number of carbonyl (C=O) groups excluding carboxylic acids is 1. The summed E-state index contributed by atoms with van der Waals surface area (Å²) in [5.74, 6) is -0.155. The average molecular weight is 400 g/mol. The number of alkyl halides is 3. The van der Waals surface area contributed by atoms with Gasteiger partial charge in [-0.1, -0.05) is 37.8 Å². The van der Waals surface area contributed by atoms with Crippen LogP contribution in [0.1, 0.15) is 50.0 Å². The number of fused-ring (bicyclic) bond motifs is 1. The van der Waals surface area contributed by atoms with E-state index < -0.39 is 29.1 Å². The lowest BCUT2D eigenvalue weighted by Gasteiger charge is -2.27. The second-order valence-electron chi connectivity index (χ2n) is 7.16. The van der Waals surface area contributed by atoms with Gasteiger partial charge in [-0.3, -0.25) is 4.79 Å². The van der Waals surface area contributed by atoms with Crippen LogP contribution in [0.15, 0.2) is 24.3 Å². The molecule has 1 aromatic heterocycles. The zero-order chi connectivity index (χ0) is 19.5. The average Bonchev–Trinajstić information content (AvgIpc) is 3.27. The van der Waals surface area contributed by atoms with Crippen LogP contribution in [0.5, 0.6) is 0 Å². The molecular weight excluding hydrogens is 377 g/mol. The molecule has 1 atom stereocenters. The zero-order valence-corrected chi connectivity index (χ0v) is 15.7. The molecule has 27 heavy (non-hydrogen) atoms. The number of halogens is 3. The van der Waals surface area contributed by atoms with E-state index in [0.29, 0.717) is 22.7 Å². The highest BCUT2D eigenvalue weighted by atomic mass is 32.1. The van der Waals surface area contributed by atoms with Crippen molar-refractivity contribution in [3.8, 4) is 0 Å². The Labute approximate surface area is 159 Å². The summed E-state index contributed by atoms with van der Waals surface area (Å²) >= 11 is 0.757. The van der Waals surface area contributed by atoms with E-state index in [1.54, 1.807) is 24.3 Å². The first-order valence-electron chi connectivity index (χ1n) is 9.21. The molecule has 8 heteroatoms. The molecule has 0 radical (unpaired) electrons. The Hall–Kier alpha value is -1.67. The molecule has 4 nitrogen and oxygen atoms in total. The highest BCUT2D eigenvalue weighted by Gasteiger charge is 2.58. The van der Waals surface area contributed by atoms with Crippen LogP contribution in [0, 0.1) is 5.92 Å². The van der Waals surface area contributed by atoms with Gasteiger partial charge in [0.15, 0.2) is 0 Å². The number of nitrogens with one attached hydrogen (secondary N) is 1. The minimum absolute atomic E-state index is 0.323. The van der Waals surface area contributed by atoms with Crippen LogP contribution in [0.2, 0.25) is 0 Å². The maximum atomic E-state index is 13.6. The van der Waals surface area contributed by atoms with Gasteiger partial charge in [-0.15, -0.1) is 11.3 Å². The lowest BCUT2D eigenvalue weighted by Crippen LogP contribution is -2.46. The smallest absolute Gasteiger partial charge is 0.374 e. The quantitative estimate of drug-likeness (QED) is 0.672. The van der Waals surface area contributed by atoms with Crippen molar-refractivity contribution in [2.24, 2.45) is 5.92 Å². The van der Waals surface area contributed by atoms with Crippen LogP contribution in [-0.4, -0.2) is 28.7 Å². The summed E-state index contributed by atoms with van der Waals surface area (Å²) in [6, 6.07) is 6.56. The van der Waals surface area contributed by atoms with Crippen LogP contribution in [0.25, 0.3) is 10.2 Å². The molecule has 0 bridgehead atoms. The van der Waals surface area contributed by atoms with E-state index in [0.717, 1.165) is 24.2 Å². The van der Waals surface area contributed by atoms with E-state index in [4.69, 9.17) is 0 Å². The molecule has 1 aliphatic carbocycles. The number of rotatable bonds is 7. The second-order valence-corrected chi connectivity index (χ2v) is 8.19. The van der Waals surface area contributed by atoms with Gasteiger partial charge in [0.25, 0.3) is 0 Å². The third-order valence-corrected chi connectivity index (χ3v) is 6.31. The van der Waals surface area contributed by atoms with Crippen molar-refractivity contribution in [3.63, 3.8) is 0 Å². The molecule has 1 unspecified atom stereocenters. The Morgan fingerprint density at radius 2 is 1.96 bits per heavy atom. The van der Waals surface area contributed by atoms with Crippen LogP contribution < -0.4 is 5.32 Å². The Balaban J connectivity index is 1.64. The maximum absolute atomic E-state index is 13.6. The molecule has 0 spiro atoms. The number of para-hydroxylation sites is 1. The number of hydrogen-bond donors (Lipinski definition) is 2. The van der Waals surface area contributed by atoms with Gasteiger partial charge < -0.3 is 10.4 Å². The fourth-order valence-electron chi connectivity index (χ4n) is 3.56. The highest BCUT2D eigenvalue weighted by Crippen LogP contribution is 2.44. The van der Waals surface area contributed by atoms with Gasteiger partial charge in [0.05, 0.1) is 16.6 Å². The SMILES string of the molecule is O=C(CC(O)(c1nc2ccccc2s1)C(F)(F)F)NCCCC1CCCC1. The second kappa shape index (κ2) is 8.14. The van der Waals surface area contributed by atoms with Gasteiger partial charge in [-0.2, -0.15) is 13.2 Å². The van der Waals surface area contributed by atoms with Gasteiger partial charge in [-0.05, 0) is 30.9 Å². The standard InChI is InChI=1S/C19H23F3N2O2S/c20-19(21,22)18(26,17-24-14-9-3-4-10-15(14)27-17)12-16(25)23-11-5-8-13-6-1-2-7-13/h3-4,9-10,13,26H,1-2,5-8,11-12H2,(H,23,25). The van der Waals surface area contributed by atoms with Crippen LogP contribution in [0.3, 0.4) is 0 Å². The molecule has 0 aliphatic heterocycles. The number of thiazole rings is 1. The Morgan fingerprint density at radius 3 is 2.63 bits per heavy atom. The zero-order valence-electron chi connectivity index (χ0n) is 14.9. The third kappa shape index (κ3) is 4.60. The predicted octanol–water partition coefficient (Wildman–Crippen LogP) is 4.52. The van der Waals surface area contributed by atoms with Crippen molar-refractivity contribution in [1.82, 2.24) is 10.3 Å². The first-order chi connectivity index (χ1) is 12.8. The number of benzene rings is 1. The number of carbonyl (C=O) groups is 1. The number of amides is 1. The first-order valence-corrected chi connectivity index (χ1v) is 10.0. The summed E-state index contributed by atoms with van der Waals surface area (Å²) in [5.41, 5.74) is -2.91. The number of nitrogens with zero attached hydrogens (tertiary/aromatic N) is 1. The number of hydrogen-bond acceptors (Lipinski definition) is 4. The molecule has 1 fully saturated rings. The lowest BCUT2D eigenvalue weighted by molar-refractivity contribution is -0.267. The Morgan fingerprint density at radius 1 is 1.26 bits per heavy atom. The van der Waals surface area contributed by atoms with Gasteiger partial charge >= 0.3 is 6.18 Å². The number of aliphatic hydroxyl groups is 1. The molecule has 1 aliphatic rings. The Kier molecular flexibility index (Phi) is 6.05. The van der Waals surface area contributed by atoms with E-state index in [2.05, 4.69) is 10.3 Å². The summed E-state index contributed by atoms with van der Waals surface area (Å²) < 4.78 is 41.4. The summed E-state index contributed by atoms with van der Waals surface area (Å²) in [6.07, 6.45) is 0.486. The fraction of sp³-hybridized carbons (Fsp3) is 0.579. The largest absolute Gasteiger partial charge is 0.424 e. The molecule has 1 amide bonds. The minimum Gasteiger partial charge on any atom is -0.374 e. The summed E-state index contributed by atoms with van der Waals surface area (Å²) in [4.78, 5) is 16.0. The molecule has 1 saturated carbocycles. The van der Waals surface area contributed by atoms with Crippen LogP contribution in [-0.2, 0) is 10.4 Å². The Bertz CT molecular complexity index is 754. The first kappa shape index (κ1) is 20.1. The van der Waals surface area contributed by atoms with E-state index >= 15 is 0 Å². The summed E-state index contributed by atoms with van der Waals surface area (Å²) in [6.45, 7) is 0.323. The molecule has 3 rings (SSSR count). The fourth-order valence-corrected chi connectivity index (χ4v) is 4.63. The van der Waals surface area contributed by atoms with E-state index in [9.17, 15) is 23.1 Å². The van der Waals surface area contributed by atoms with E-state index in [1.807, 2.05) is 0 Å². The topological polar surface area (TPSA) is 62.2 Å². The third-order valence-electron chi connectivity index (χ3n) is 5.12. The van der Waals surface area contributed by atoms with Crippen molar-refractivity contribution >= 4 is 27.5 Å². The van der Waals surface area contributed by atoms with Gasteiger partial charge in [0, 0.05) is 6.54 Å². The van der Waals surface area contributed by atoms with Crippen molar-refractivity contribution in [2.45, 2.75) is 56.7 Å². The summed E-state index contributed by atoms with van der Waals surface area (Å²) in [5, 5.41) is 12.4. The monoisotopic (exact) mass is 400 g/mol. The maximum Gasteiger partial charge on any atom is 0.424 e. The minimum atomic E-state index is -5.00. The lowest BCUT2D eigenvalue weighted by atomic mass is 9.99. The molecule has 0 saturated heterocycles. The van der Waals surface area contributed by atoms with Gasteiger partial charge in [0.2, 0.25) is 11.5 Å². The van der Waals surface area contributed by atoms with Crippen molar-refractivity contribution in [1.29, 1.82) is 0 Å². The normalized spacial score (nSPS) is 17.9. The molecule has 1 heterocycles. The molecule has 2 N–H and O–H groups in total. The number of aromatic nitrogens is 1. The van der Waals surface area contributed by atoms with E-state index in [1.165, 1.54) is 25.7 Å². The molecule has 148 valence electrons. The van der Waals surface area contributed by atoms with Crippen molar-refractivity contribution in [3.05, 3.63) is 29.3 Å². The van der Waals surface area contributed by atoms with Crippen LogP contribution >= 0.6 is 11.3 Å². The summed E-state index contributed by atoms with van der Waals surface area (Å²) in [7, 11) is 0. The van der Waals surface area contributed by atoms with Gasteiger partial charge in [-0.25, -0.2) is 4.98 Å². The molecule has 1 aromatic carbocycles. The van der Waals surface area contributed by atoms with Crippen molar-refractivity contribution < 1.29 is 23.1 Å². The van der Waals surface area contributed by atoms with E-state index in [-0.39, 0.29) is 0 Å².